The number of pyridine rings is 1. The molecule has 2 aromatic rings. The first-order valence-electron chi connectivity index (χ1n) is 6.33. The third-order valence-corrected chi connectivity index (χ3v) is 2.96. The van der Waals surface area contributed by atoms with Gasteiger partial charge in [0.15, 0.2) is 0 Å². The molecule has 0 radical (unpaired) electrons. The van der Waals surface area contributed by atoms with Gasteiger partial charge in [0, 0.05) is 18.4 Å². The summed E-state index contributed by atoms with van der Waals surface area (Å²) in [5, 5.41) is 8.79. The molecule has 0 aliphatic rings. The molecule has 0 fully saturated rings. The van der Waals surface area contributed by atoms with Crippen molar-refractivity contribution in [2.45, 2.75) is 6.54 Å². The van der Waals surface area contributed by atoms with Crippen LogP contribution in [0.15, 0.2) is 42.6 Å². The molecule has 106 valence electrons. The van der Waals surface area contributed by atoms with Crippen LogP contribution >= 0.6 is 0 Å². The Labute approximate surface area is 122 Å². The Morgan fingerprint density at radius 1 is 1.29 bits per heavy atom. The zero-order valence-corrected chi connectivity index (χ0v) is 11.4. The van der Waals surface area contributed by atoms with Crippen molar-refractivity contribution >= 4 is 17.4 Å². The zero-order chi connectivity index (χ0) is 15.2. The molecule has 4 N–H and O–H groups in total. The summed E-state index contributed by atoms with van der Waals surface area (Å²) in [6.07, 6.45) is 1.46. The minimum Gasteiger partial charge on any atom is -0.398 e. The number of carbonyl (C=O) groups excluding carboxylic acids is 1. The van der Waals surface area contributed by atoms with E-state index in [2.05, 4.69) is 4.98 Å². The summed E-state index contributed by atoms with van der Waals surface area (Å²) in [7, 11) is 0. The maximum absolute atomic E-state index is 11.3. The van der Waals surface area contributed by atoms with Crippen LogP contribution in [0.25, 0.3) is 0 Å². The largest absolute Gasteiger partial charge is 0.398 e. The standard InChI is InChI=1S/C15H15N5O/c16-7-11-5-6-15(19-8-11)20(10-14(18)21)9-12-3-1-2-4-13(12)17/h1-6,8H,9-10,17H2,(H2,18,21). The van der Waals surface area contributed by atoms with Gasteiger partial charge in [-0.2, -0.15) is 5.26 Å². The van der Waals surface area contributed by atoms with E-state index in [1.807, 2.05) is 24.3 Å². The summed E-state index contributed by atoms with van der Waals surface area (Å²) in [5.74, 6) is 0.103. The van der Waals surface area contributed by atoms with Crippen LogP contribution in [-0.2, 0) is 11.3 Å². The number of nitrogen functional groups attached to an aromatic ring is 1. The molecule has 0 bridgehead atoms. The molecular weight excluding hydrogens is 266 g/mol. The predicted molar refractivity (Wildman–Crippen MR) is 80.1 cm³/mol. The van der Waals surface area contributed by atoms with Gasteiger partial charge < -0.3 is 16.4 Å². The lowest BCUT2D eigenvalue weighted by Gasteiger charge is -2.23. The Kier molecular flexibility index (Phi) is 4.36. The van der Waals surface area contributed by atoms with Gasteiger partial charge in [-0.25, -0.2) is 4.98 Å². The summed E-state index contributed by atoms with van der Waals surface area (Å²) < 4.78 is 0. The number of rotatable bonds is 5. The smallest absolute Gasteiger partial charge is 0.237 e. The van der Waals surface area contributed by atoms with Crippen LogP contribution in [0.3, 0.4) is 0 Å². The van der Waals surface area contributed by atoms with Crippen LogP contribution in [0.1, 0.15) is 11.1 Å². The second-order valence-electron chi connectivity index (χ2n) is 4.54. The minimum atomic E-state index is -0.462. The zero-order valence-electron chi connectivity index (χ0n) is 11.4. The lowest BCUT2D eigenvalue weighted by molar-refractivity contribution is -0.116. The van der Waals surface area contributed by atoms with Crippen molar-refractivity contribution < 1.29 is 4.79 Å². The highest BCUT2D eigenvalue weighted by molar-refractivity contribution is 5.79. The molecule has 1 aromatic heterocycles. The molecule has 0 saturated heterocycles. The topological polar surface area (TPSA) is 109 Å². The van der Waals surface area contributed by atoms with Gasteiger partial charge in [-0.05, 0) is 23.8 Å². The molecule has 0 unspecified atom stereocenters. The fourth-order valence-corrected chi connectivity index (χ4v) is 1.93. The van der Waals surface area contributed by atoms with Crippen LogP contribution < -0.4 is 16.4 Å². The number of nitriles is 1. The first-order chi connectivity index (χ1) is 10.1. The lowest BCUT2D eigenvalue weighted by atomic mass is 10.1. The average Bonchev–Trinajstić information content (AvgIpc) is 2.48. The number of anilines is 2. The Morgan fingerprint density at radius 2 is 2.05 bits per heavy atom. The summed E-state index contributed by atoms with van der Waals surface area (Å²) in [5.41, 5.74) is 13.2. The van der Waals surface area contributed by atoms with Gasteiger partial charge in [0.05, 0.1) is 12.1 Å². The van der Waals surface area contributed by atoms with E-state index in [0.717, 1.165) is 5.56 Å². The van der Waals surface area contributed by atoms with E-state index in [4.69, 9.17) is 16.7 Å². The fraction of sp³-hybridized carbons (Fsp3) is 0.133. The first-order valence-corrected chi connectivity index (χ1v) is 6.33. The van der Waals surface area contributed by atoms with Crippen LogP contribution in [0, 0.1) is 11.3 Å². The number of para-hydroxylation sites is 1. The molecule has 21 heavy (non-hydrogen) atoms. The number of aromatic nitrogens is 1. The van der Waals surface area contributed by atoms with E-state index >= 15 is 0 Å². The normalized spacial score (nSPS) is 9.86. The first kappa shape index (κ1) is 14.3. The summed E-state index contributed by atoms with van der Waals surface area (Å²) >= 11 is 0. The molecule has 1 amide bonds. The van der Waals surface area contributed by atoms with Crippen molar-refractivity contribution in [3.8, 4) is 6.07 Å². The van der Waals surface area contributed by atoms with Gasteiger partial charge in [-0.15, -0.1) is 0 Å². The number of amides is 1. The molecule has 6 nitrogen and oxygen atoms in total. The molecule has 0 aliphatic heterocycles. The molecule has 2 rings (SSSR count). The molecule has 0 spiro atoms. The fourth-order valence-electron chi connectivity index (χ4n) is 1.93. The van der Waals surface area contributed by atoms with Crippen molar-refractivity contribution in [2.75, 3.05) is 17.2 Å². The van der Waals surface area contributed by atoms with Gasteiger partial charge in [0.25, 0.3) is 0 Å². The average molecular weight is 281 g/mol. The Morgan fingerprint density at radius 3 is 2.62 bits per heavy atom. The maximum atomic E-state index is 11.3. The van der Waals surface area contributed by atoms with Crippen LogP contribution in [0.2, 0.25) is 0 Å². The van der Waals surface area contributed by atoms with Crippen LogP contribution in [0.5, 0.6) is 0 Å². The molecule has 0 saturated carbocycles. The maximum Gasteiger partial charge on any atom is 0.237 e. The van der Waals surface area contributed by atoms with Gasteiger partial charge in [0.2, 0.25) is 5.91 Å². The van der Waals surface area contributed by atoms with E-state index in [-0.39, 0.29) is 6.54 Å². The van der Waals surface area contributed by atoms with Crippen LogP contribution in [-0.4, -0.2) is 17.4 Å². The molecule has 0 aliphatic carbocycles. The number of primary amides is 1. The third kappa shape index (κ3) is 3.70. The number of hydrogen-bond acceptors (Lipinski definition) is 5. The third-order valence-electron chi connectivity index (χ3n) is 2.96. The molecule has 0 atom stereocenters. The van der Waals surface area contributed by atoms with Gasteiger partial charge in [0.1, 0.15) is 11.9 Å². The summed E-state index contributed by atoms with van der Waals surface area (Å²) in [6, 6.07) is 12.7. The number of hydrogen-bond donors (Lipinski definition) is 2. The second kappa shape index (κ2) is 6.39. The van der Waals surface area contributed by atoms with Gasteiger partial charge in [-0.3, -0.25) is 4.79 Å². The van der Waals surface area contributed by atoms with Crippen molar-refractivity contribution in [1.29, 1.82) is 5.26 Å². The SMILES string of the molecule is N#Cc1ccc(N(CC(N)=O)Cc2ccccc2N)nc1. The van der Waals surface area contributed by atoms with Gasteiger partial charge in [-0.1, -0.05) is 18.2 Å². The van der Waals surface area contributed by atoms with Crippen molar-refractivity contribution in [2.24, 2.45) is 5.73 Å². The Balaban J connectivity index is 2.27. The van der Waals surface area contributed by atoms with E-state index in [0.29, 0.717) is 23.6 Å². The molecule has 6 heteroatoms. The van der Waals surface area contributed by atoms with E-state index in [9.17, 15) is 4.79 Å². The highest BCUT2D eigenvalue weighted by Gasteiger charge is 2.13. The predicted octanol–water partition coefficient (Wildman–Crippen LogP) is 1.03. The van der Waals surface area contributed by atoms with Crippen molar-refractivity contribution in [1.82, 2.24) is 4.98 Å². The van der Waals surface area contributed by atoms with Crippen molar-refractivity contribution in [3.05, 3.63) is 53.7 Å². The number of nitrogens with zero attached hydrogens (tertiary/aromatic N) is 3. The summed E-state index contributed by atoms with van der Waals surface area (Å²) in [6.45, 7) is 0.432. The number of benzene rings is 1. The number of carbonyl (C=O) groups is 1. The van der Waals surface area contributed by atoms with Gasteiger partial charge >= 0.3 is 0 Å². The second-order valence-corrected chi connectivity index (χ2v) is 4.54. The molecular formula is C15H15N5O. The Bertz CT molecular complexity index is 675. The van der Waals surface area contributed by atoms with E-state index < -0.39 is 5.91 Å². The molecule has 1 aromatic carbocycles. The van der Waals surface area contributed by atoms with E-state index in [1.54, 1.807) is 23.1 Å². The number of nitrogens with two attached hydrogens (primary N) is 2. The Hall–Kier alpha value is -3.07. The lowest BCUT2D eigenvalue weighted by Crippen LogP contribution is -2.34. The van der Waals surface area contributed by atoms with E-state index in [1.165, 1.54) is 6.20 Å². The summed E-state index contributed by atoms with van der Waals surface area (Å²) in [4.78, 5) is 17.2. The quantitative estimate of drug-likeness (QED) is 0.795. The highest BCUT2D eigenvalue weighted by atomic mass is 16.1. The van der Waals surface area contributed by atoms with Crippen LogP contribution in [0.4, 0.5) is 11.5 Å². The monoisotopic (exact) mass is 281 g/mol. The minimum absolute atomic E-state index is 0.0211. The highest BCUT2D eigenvalue weighted by Crippen LogP contribution is 2.18. The van der Waals surface area contributed by atoms with Crippen molar-refractivity contribution in [3.63, 3.8) is 0 Å². The molecule has 1 heterocycles.